The highest BCUT2D eigenvalue weighted by atomic mass is 16.5. The number of methoxy groups -OCH3 is 1. The molecule has 1 atom stereocenters. The number of likely N-dealkylation sites (tertiary alicyclic amines) is 1. The van der Waals surface area contributed by atoms with Crippen molar-refractivity contribution < 1.29 is 14.3 Å². The summed E-state index contributed by atoms with van der Waals surface area (Å²) in [5.41, 5.74) is 3.29. The number of fused-ring (bicyclic) bond motifs is 1. The Kier molecular flexibility index (Phi) is 6.48. The Bertz CT molecular complexity index is 875. The molecule has 0 bridgehead atoms. The molecule has 2 aliphatic heterocycles. The summed E-state index contributed by atoms with van der Waals surface area (Å²) in [5, 5.41) is 0. The fourth-order valence-corrected chi connectivity index (χ4v) is 4.73. The first kappa shape index (κ1) is 20.6. The Balaban J connectivity index is 1.47. The lowest BCUT2D eigenvalue weighted by Gasteiger charge is -2.40. The topological polar surface area (TPSA) is 49.9 Å². The molecular weight excluding hydrogens is 376 g/mol. The van der Waals surface area contributed by atoms with E-state index in [2.05, 4.69) is 24.3 Å². The molecule has 0 aromatic heterocycles. The number of amides is 2. The lowest BCUT2D eigenvalue weighted by atomic mass is 9.88. The van der Waals surface area contributed by atoms with Crippen LogP contribution in [-0.4, -0.2) is 55.0 Å². The maximum Gasteiger partial charge on any atom is 0.250 e. The molecule has 2 amide bonds. The summed E-state index contributed by atoms with van der Waals surface area (Å²) in [4.78, 5) is 30.1. The Morgan fingerprint density at radius 2 is 1.73 bits per heavy atom. The van der Waals surface area contributed by atoms with E-state index < -0.39 is 6.04 Å². The highest BCUT2D eigenvalue weighted by Gasteiger charge is 2.39. The maximum atomic E-state index is 13.6. The van der Waals surface area contributed by atoms with Crippen molar-refractivity contribution in [1.29, 1.82) is 0 Å². The zero-order valence-corrected chi connectivity index (χ0v) is 17.6. The van der Waals surface area contributed by atoms with Gasteiger partial charge in [-0.3, -0.25) is 9.59 Å². The van der Waals surface area contributed by atoms with Gasteiger partial charge in [0.2, 0.25) is 11.8 Å². The second-order valence-corrected chi connectivity index (χ2v) is 8.32. The highest BCUT2D eigenvalue weighted by Crippen LogP contribution is 2.33. The van der Waals surface area contributed by atoms with Gasteiger partial charge in [-0.25, -0.2) is 0 Å². The lowest BCUT2D eigenvalue weighted by molar-refractivity contribution is -0.148. The standard InChI is InChI=1S/C25H30N2O3/c1-30-16-15-27-23(28)18-21-9-5-6-10-22(21)24(27)25(29)26-13-11-20(12-14-26)17-19-7-3-2-4-8-19/h2-10,20,24H,11-18H2,1H3/t24-/m1/s1. The molecule has 158 valence electrons. The average molecular weight is 407 g/mol. The molecule has 4 rings (SSSR count). The summed E-state index contributed by atoms with van der Waals surface area (Å²) in [5.74, 6) is 0.647. The normalized spacial score (nSPS) is 19.6. The van der Waals surface area contributed by atoms with Crippen LogP contribution in [0, 0.1) is 5.92 Å². The fraction of sp³-hybridized carbons (Fsp3) is 0.440. The molecule has 2 aromatic rings. The number of rotatable bonds is 6. The molecule has 1 saturated heterocycles. The number of benzene rings is 2. The first-order chi connectivity index (χ1) is 14.7. The number of hydrogen-bond acceptors (Lipinski definition) is 3. The van der Waals surface area contributed by atoms with E-state index >= 15 is 0 Å². The van der Waals surface area contributed by atoms with Crippen molar-refractivity contribution in [3.8, 4) is 0 Å². The maximum absolute atomic E-state index is 13.6. The van der Waals surface area contributed by atoms with Crippen molar-refractivity contribution in [3.63, 3.8) is 0 Å². The Morgan fingerprint density at radius 3 is 2.47 bits per heavy atom. The fourth-order valence-electron chi connectivity index (χ4n) is 4.73. The van der Waals surface area contributed by atoms with Crippen LogP contribution in [0.2, 0.25) is 0 Å². The molecule has 0 radical (unpaired) electrons. The van der Waals surface area contributed by atoms with Crippen molar-refractivity contribution >= 4 is 11.8 Å². The first-order valence-electron chi connectivity index (χ1n) is 10.9. The Labute approximate surface area is 178 Å². The van der Waals surface area contributed by atoms with Crippen LogP contribution in [0.1, 0.15) is 35.6 Å². The molecule has 30 heavy (non-hydrogen) atoms. The van der Waals surface area contributed by atoms with Gasteiger partial charge in [-0.05, 0) is 41.9 Å². The van der Waals surface area contributed by atoms with Gasteiger partial charge in [0.05, 0.1) is 13.0 Å². The molecule has 0 unspecified atom stereocenters. The molecule has 5 heteroatoms. The summed E-state index contributed by atoms with van der Waals surface area (Å²) in [6, 6.07) is 17.9. The predicted molar refractivity (Wildman–Crippen MR) is 116 cm³/mol. The zero-order valence-electron chi connectivity index (χ0n) is 17.6. The van der Waals surface area contributed by atoms with Gasteiger partial charge in [-0.1, -0.05) is 54.6 Å². The third-order valence-corrected chi connectivity index (χ3v) is 6.39. The third-order valence-electron chi connectivity index (χ3n) is 6.39. The highest BCUT2D eigenvalue weighted by molar-refractivity contribution is 5.92. The minimum atomic E-state index is -0.539. The van der Waals surface area contributed by atoms with Crippen LogP contribution in [0.5, 0.6) is 0 Å². The van der Waals surface area contributed by atoms with Crippen molar-refractivity contribution in [2.75, 3.05) is 33.4 Å². The number of nitrogens with zero attached hydrogens (tertiary/aromatic N) is 2. The lowest BCUT2D eigenvalue weighted by Crippen LogP contribution is -2.51. The molecular formula is C25H30N2O3. The SMILES string of the molecule is COCCN1C(=O)Cc2ccccc2[C@@H]1C(=O)N1CCC(Cc2ccccc2)CC1. The predicted octanol–water partition coefficient (Wildman–Crippen LogP) is 3.24. The van der Waals surface area contributed by atoms with Gasteiger partial charge in [0.15, 0.2) is 0 Å². The molecule has 0 saturated carbocycles. The second-order valence-electron chi connectivity index (χ2n) is 8.32. The first-order valence-corrected chi connectivity index (χ1v) is 10.9. The average Bonchev–Trinajstić information content (AvgIpc) is 2.78. The van der Waals surface area contributed by atoms with Crippen LogP contribution in [0.4, 0.5) is 0 Å². The molecule has 2 aromatic carbocycles. The van der Waals surface area contributed by atoms with E-state index in [-0.39, 0.29) is 11.8 Å². The number of carbonyl (C=O) groups excluding carboxylic acids is 2. The monoisotopic (exact) mass is 406 g/mol. The van der Waals surface area contributed by atoms with Gasteiger partial charge in [0.25, 0.3) is 0 Å². The Hall–Kier alpha value is -2.66. The second kappa shape index (κ2) is 9.43. The van der Waals surface area contributed by atoms with Crippen molar-refractivity contribution in [2.45, 2.75) is 31.7 Å². The van der Waals surface area contributed by atoms with E-state index in [9.17, 15) is 9.59 Å². The van der Waals surface area contributed by atoms with Gasteiger partial charge >= 0.3 is 0 Å². The van der Waals surface area contributed by atoms with Gasteiger partial charge in [-0.15, -0.1) is 0 Å². The molecule has 0 spiro atoms. The van der Waals surface area contributed by atoms with Crippen molar-refractivity contribution in [2.24, 2.45) is 5.92 Å². The third kappa shape index (κ3) is 4.41. The van der Waals surface area contributed by atoms with E-state index in [1.807, 2.05) is 35.2 Å². The van der Waals surface area contributed by atoms with Crippen LogP contribution >= 0.6 is 0 Å². The summed E-state index contributed by atoms with van der Waals surface area (Å²) in [7, 11) is 1.62. The van der Waals surface area contributed by atoms with E-state index in [0.29, 0.717) is 25.5 Å². The van der Waals surface area contributed by atoms with Gasteiger partial charge in [-0.2, -0.15) is 0 Å². The van der Waals surface area contributed by atoms with E-state index in [4.69, 9.17) is 4.74 Å². The van der Waals surface area contributed by atoms with E-state index in [1.54, 1.807) is 12.0 Å². The van der Waals surface area contributed by atoms with E-state index in [1.165, 1.54) is 5.56 Å². The van der Waals surface area contributed by atoms with Crippen molar-refractivity contribution in [1.82, 2.24) is 9.80 Å². The number of hydrogen-bond donors (Lipinski definition) is 0. The van der Waals surface area contributed by atoms with E-state index in [0.717, 1.165) is 43.5 Å². The van der Waals surface area contributed by atoms with Crippen LogP contribution in [-0.2, 0) is 27.2 Å². The molecule has 0 N–H and O–H groups in total. The minimum absolute atomic E-state index is 0.00284. The van der Waals surface area contributed by atoms with Crippen LogP contribution < -0.4 is 0 Å². The quantitative estimate of drug-likeness (QED) is 0.740. The summed E-state index contributed by atoms with van der Waals surface area (Å²) >= 11 is 0. The molecule has 1 fully saturated rings. The summed E-state index contributed by atoms with van der Waals surface area (Å²) in [6.45, 7) is 2.37. The minimum Gasteiger partial charge on any atom is -0.383 e. The number of ether oxygens (including phenoxy) is 1. The smallest absolute Gasteiger partial charge is 0.250 e. The van der Waals surface area contributed by atoms with Crippen LogP contribution in [0.3, 0.4) is 0 Å². The number of piperidine rings is 1. The van der Waals surface area contributed by atoms with Crippen molar-refractivity contribution in [3.05, 3.63) is 71.3 Å². The van der Waals surface area contributed by atoms with Crippen LogP contribution in [0.15, 0.2) is 54.6 Å². The molecule has 5 nitrogen and oxygen atoms in total. The largest absolute Gasteiger partial charge is 0.383 e. The number of carbonyl (C=O) groups is 2. The summed E-state index contributed by atoms with van der Waals surface area (Å²) < 4.78 is 5.21. The summed E-state index contributed by atoms with van der Waals surface area (Å²) in [6.07, 6.45) is 3.42. The zero-order chi connectivity index (χ0) is 20.9. The van der Waals surface area contributed by atoms with Gasteiger partial charge < -0.3 is 14.5 Å². The van der Waals surface area contributed by atoms with Gasteiger partial charge in [0.1, 0.15) is 6.04 Å². The Morgan fingerprint density at radius 1 is 1.03 bits per heavy atom. The van der Waals surface area contributed by atoms with Gasteiger partial charge in [0, 0.05) is 26.7 Å². The molecule has 0 aliphatic carbocycles. The van der Waals surface area contributed by atoms with Crippen LogP contribution in [0.25, 0.3) is 0 Å². The molecule has 2 heterocycles. The molecule has 2 aliphatic rings.